The number of hydrogen-bond donors (Lipinski definition) is 1. The van der Waals surface area contributed by atoms with Crippen molar-refractivity contribution in [2.45, 2.75) is 25.3 Å². The molecule has 0 bridgehead atoms. The molecule has 1 saturated carbocycles. The van der Waals surface area contributed by atoms with E-state index in [4.69, 9.17) is 5.73 Å². The van der Waals surface area contributed by atoms with E-state index in [0.717, 1.165) is 4.47 Å². The molecule has 0 amide bonds. The summed E-state index contributed by atoms with van der Waals surface area (Å²) in [5.74, 6) is 1.20. The van der Waals surface area contributed by atoms with Crippen LogP contribution >= 0.6 is 15.9 Å². The Bertz CT molecular complexity index is 579. The average Bonchev–Trinajstić information content (AvgIpc) is 3.22. The van der Waals surface area contributed by atoms with Crippen molar-refractivity contribution in [1.82, 2.24) is 0 Å². The molecule has 3 rings (SSSR count). The highest BCUT2D eigenvalue weighted by Gasteiger charge is 2.43. The Hall–Kier alpha value is -1.12. The van der Waals surface area contributed by atoms with Gasteiger partial charge < -0.3 is 5.73 Å². The van der Waals surface area contributed by atoms with Gasteiger partial charge in [-0.3, -0.25) is 0 Å². The molecule has 0 spiro atoms. The van der Waals surface area contributed by atoms with Crippen LogP contribution in [0.1, 0.15) is 35.1 Å². The van der Waals surface area contributed by atoms with Crippen molar-refractivity contribution in [3.63, 3.8) is 0 Å². The number of hydrogen-bond acceptors (Lipinski definition) is 1. The second-order valence-electron chi connectivity index (χ2n) is 5.47. The molecule has 3 unspecified atom stereocenters. The zero-order valence-electron chi connectivity index (χ0n) is 11.0. The van der Waals surface area contributed by atoms with Gasteiger partial charge in [0.1, 0.15) is 0 Å². The molecule has 98 valence electrons. The number of nitrogens with two attached hydrogens (primary N) is 1. The Morgan fingerprint density at radius 3 is 2.63 bits per heavy atom. The standard InChI is InChI=1S/C17H18BrN/c1-11-7-8-16(18)15(9-11)17(19)14-10-13(14)12-5-3-2-4-6-12/h2-9,13-14,17H,10,19H2,1H3. The molecular formula is C17H18BrN. The molecule has 0 radical (unpaired) electrons. The van der Waals surface area contributed by atoms with Gasteiger partial charge in [0.25, 0.3) is 0 Å². The average molecular weight is 316 g/mol. The van der Waals surface area contributed by atoms with Gasteiger partial charge in [0, 0.05) is 10.5 Å². The SMILES string of the molecule is Cc1ccc(Br)c(C(N)C2CC2c2ccccc2)c1. The van der Waals surface area contributed by atoms with Crippen molar-refractivity contribution in [1.29, 1.82) is 0 Å². The van der Waals surface area contributed by atoms with Gasteiger partial charge in [0.05, 0.1) is 0 Å². The maximum atomic E-state index is 6.47. The molecule has 2 N–H and O–H groups in total. The Balaban J connectivity index is 1.80. The maximum Gasteiger partial charge on any atom is 0.0340 e. The van der Waals surface area contributed by atoms with Gasteiger partial charge in [-0.15, -0.1) is 0 Å². The Kier molecular flexibility index (Phi) is 3.46. The van der Waals surface area contributed by atoms with E-state index in [2.05, 4.69) is 71.4 Å². The van der Waals surface area contributed by atoms with E-state index in [0.29, 0.717) is 11.8 Å². The molecule has 19 heavy (non-hydrogen) atoms. The van der Waals surface area contributed by atoms with Crippen LogP contribution in [0, 0.1) is 12.8 Å². The zero-order chi connectivity index (χ0) is 13.4. The third kappa shape index (κ3) is 2.60. The van der Waals surface area contributed by atoms with E-state index >= 15 is 0 Å². The van der Waals surface area contributed by atoms with E-state index in [1.54, 1.807) is 0 Å². The lowest BCUT2D eigenvalue weighted by atomic mass is 9.98. The Morgan fingerprint density at radius 1 is 1.16 bits per heavy atom. The number of rotatable bonds is 3. The largest absolute Gasteiger partial charge is 0.324 e. The molecule has 1 nitrogen and oxygen atoms in total. The van der Waals surface area contributed by atoms with Gasteiger partial charge in [-0.1, -0.05) is 64.0 Å². The van der Waals surface area contributed by atoms with Crippen LogP contribution < -0.4 is 5.73 Å². The topological polar surface area (TPSA) is 26.0 Å². The second-order valence-corrected chi connectivity index (χ2v) is 6.32. The van der Waals surface area contributed by atoms with E-state index < -0.39 is 0 Å². The lowest BCUT2D eigenvalue weighted by Crippen LogP contribution is -2.14. The van der Waals surface area contributed by atoms with Crippen LogP contribution in [0.15, 0.2) is 53.0 Å². The highest BCUT2D eigenvalue weighted by molar-refractivity contribution is 9.10. The molecule has 0 saturated heterocycles. The Labute approximate surface area is 123 Å². The first-order chi connectivity index (χ1) is 9.16. The number of benzene rings is 2. The first kappa shape index (κ1) is 12.9. The second kappa shape index (κ2) is 5.10. The quantitative estimate of drug-likeness (QED) is 0.882. The number of aryl methyl sites for hydroxylation is 1. The molecule has 0 aromatic heterocycles. The first-order valence-corrected chi connectivity index (χ1v) is 7.52. The monoisotopic (exact) mass is 315 g/mol. The van der Waals surface area contributed by atoms with Crippen molar-refractivity contribution >= 4 is 15.9 Å². The fourth-order valence-electron chi connectivity index (χ4n) is 2.84. The predicted octanol–water partition coefficient (Wildman–Crippen LogP) is 4.56. The van der Waals surface area contributed by atoms with Crippen molar-refractivity contribution in [3.05, 3.63) is 69.7 Å². The molecule has 0 heterocycles. The molecular weight excluding hydrogens is 298 g/mol. The zero-order valence-corrected chi connectivity index (χ0v) is 12.6. The minimum absolute atomic E-state index is 0.125. The lowest BCUT2D eigenvalue weighted by Gasteiger charge is -2.15. The van der Waals surface area contributed by atoms with E-state index in [9.17, 15) is 0 Å². The summed E-state index contributed by atoms with van der Waals surface area (Å²) < 4.78 is 1.13. The maximum absolute atomic E-state index is 6.47. The van der Waals surface area contributed by atoms with Crippen LogP contribution in [0.3, 0.4) is 0 Å². The highest BCUT2D eigenvalue weighted by Crippen LogP contribution is 2.53. The van der Waals surface area contributed by atoms with E-state index in [1.807, 2.05) is 0 Å². The summed E-state index contributed by atoms with van der Waals surface area (Å²) in [6.07, 6.45) is 1.20. The fourth-order valence-corrected chi connectivity index (χ4v) is 3.36. The first-order valence-electron chi connectivity index (χ1n) is 6.73. The Morgan fingerprint density at radius 2 is 1.89 bits per heavy atom. The summed E-state index contributed by atoms with van der Waals surface area (Å²) in [5.41, 5.74) is 10.4. The van der Waals surface area contributed by atoms with Gasteiger partial charge in [-0.05, 0) is 42.4 Å². The van der Waals surface area contributed by atoms with Gasteiger partial charge in [0.15, 0.2) is 0 Å². The van der Waals surface area contributed by atoms with Crippen molar-refractivity contribution < 1.29 is 0 Å². The van der Waals surface area contributed by atoms with Crippen molar-refractivity contribution in [2.75, 3.05) is 0 Å². The summed E-state index contributed by atoms with van der Waals surface area (Å²) in [4.78, 5) is 0. The van der Waals surface area contributed by atoms with E-state index in [-0.39, 0.29) is 6.04 Å². The molecule has 2 heteroatoms. The molecule has 1 fully saturated rings. The predicted molar refractivity (Wildman–Crippen MR) is 83.1 cm³/mol. The molecule has 0 aliphatic heterocycles. The van der Waals surface area contributed by atoms with Crippen LogP contribution in [-0.4, -0.2) is 0 Å². The van der Waals surface area contributed by atoms with Gasteiger partial charge in [-0.2, -0.15) is 0 Å². The normalized spacial score (nSPS) is 23.1. The highest BCUT2D eigenvalue weighted by atomic mass is 79.9. The summed E-state index contributed by atoms with van der Waals surface area (Å²) in [6, 6.07) is 17.3. The molecule has 3 atom stereocenters. The molecule has 1 aliphatic rings. The summed E-state index contributed by atoms with van der Waals surface area (Å²) in [5, 5.41) is 0. The summed E-state index contributed by atoms with van der Waals surface area (Å²) in [7, 11) is 0. The summed E-state index contributed by atoms with van der Waals surface area (Å²) >= 11 is 3.62. The van der Waals surface area contributed by atoms with Crippen LogP contribution in [0.5, 0.6) is 0 Å². The molecule has 2 aromatic rings. The third-order valence-electron chi connectivity index (χ3n) is 4.04. The third-order valence-corrected chi connectivity index (χ3v) is 4.76. The van der Waals surface area contributed by atoms with Gasteiger partial charge >= 0.3 is 0 Å². The molecule has 2 aromatic carbocycles. The minimum atomic E-state index is 0.125. The van der Waals surface area contributed by atoms with E-state index in [1.165, 1.54) is 23.1 Å². The van der Waals surface area contributed by atoms with Crippen molar-refractivity contribution in [2.24, 2.45) is 11.7 Å². The lowest BCUT2D eigenvalue weighted by molar-refractivity contribution is 0.613. The fraction of sp³-hybridized carbons (Fsp3) is 0.294. The smallest absolute Gasteiger partial charge is 0.0340 e. The van der Waals surface area contributed by atoms with Crippen LogP contribution in [0.2, 0.25) is 0 Å². The van der Waals surface area contributed by atoms with Crippen molar-refractivity contribution in [3.8, 4) is 0 Å². The van der Waals surface area contributed by atoms with Crippen LogP contribution in [0.25, 0.3) is 0 Å². The van der Waals surface area contributed by atoms with Gasteiger partial charge in [0.2, 0.25) is 0 Å². The van der Waals surface area contributed by atoms with Crippen LogP contribution in [0.4, 0.5) is 0 Å². The van der Waals surface area contributed by atoms with Crippen LogP contribution in [-0.2, 0) is 0 Å². The number of halogens is 1. The molecule has 1 aliphatic carbocycles. The summed E-state index contributed by atoms with van der Waals surface area (Å²) in [6.45, 7) is 2.12. The van der Waals surface area contributed by atoms with Gasteiger partial charge in [-0.25, -0.2) is 0 Å². The minimum Gasteiger partial charge on any atom is -0.324 e.